The van der Waals surface area contributed by atoms with Crippen molar-refractivity contribution >= 4 is 57.9 Å². The second-order valence-electron chi connectivity index (χ2n) is 11.4. The number of ether oxygens (including phenoxy) is 4. The minimum atomic E-state index is -0.282. The molecule has 0 radical (unpaired) electrons. The van der Waals surface area contributed by atoms with Crippen molar-refractivity contribution in [3.63, 3.8) is 0 Å². The third-order valence-electron chi connectivity index (χ3n) is 7.33. The highest BCUT2D eigenvalue weighted by Crippen LogP contribution is 2.17. The maximum absolute atomic E-state index is 13.3. The molecular formula is C37H47FIN8O6+. The summed E-state index contributed by atoms with van der Waals surface area (Å²) in [5.74, 6) is 0.470. The van der Waals surface area contributed by atoms with Crippen LogP contribution in [0.3, 0.4) is 0 Å². The maximum atomic E-state index is 13.3. The van der Waals surface area contributed by atoms with Crippen LogP contribution in [0.15, 0.2) is 78.9 Å². The minimum Gasteiger partial charge on any atom is -0.378 e. The molecule has 6 N–H and O–H groups in total. The van der Waals surface area contributed by atoms with Gasteiger partial charge >= 0.3 is 5.91 Å². The van der Waals surface area contributed by atoms with Gasteiger partial charge in [0, 0.05) is 35.3 Å². The molecule has 1 heterocycles. The summed E-state index contributed by atoms with van der Waals surface area (Å²) in [6.07, 6.45) is 0.636. The van der Waals surface area contributed by atoms with Crippen LogP contribution in [0.1, 0.15) is 26.3 Å². The van der Waals surface area contributed by atoms with Crippen LogP contribution >= 0.6 is 22.6 Å². The summed E-state index contributed by atoms with van der Waals surface area (Å²) in [6.45, 7) is 5.57. The first-order chi connectivity index (χ1) is 26.0. The van der Waals surface area contributed by atoms with Crippen molar-refractivity contribution in [3.05, 3.63) is 101 Å². The van der Waals surface area contributed by atoms with Crippen molar-refractivity contribution in [2.45, 2.75) is 6.42 Å². The highest BCUT2D eigenvalue weighted by molar-refractivity contribution is 14.1. The number of nitrogens with zero attached hydrogens (tertiary/aromatic N) is 3. The van der Waals surface area contributed by atoms with E-state index in [1.807, 2.05) is 18.2 Å². The molecule has 0 saturated carbocycles. The van der Waals surface area contributed by atoms with E-state index in [4.69, 9.17) is 18.9 Å². The Bertz CT molecular complexity index is 1640. The Hall–Kier alpha value is -4.33. The number of anilines is 4. The fourth-order valence-electron chi connectivity index (χ4n) is 4.66. The molecule has 0 aliphatic carbocycles. The Morgan fingerprint density at radius 2 is 1.25 bits per heavy atom. The lowest BCUT2D eigenvalue weighted by Gasteiger charge is -2.12. The topological polar surface area (TPSA) is 174 Å². The molecule has 2 amide bonds. The number of carbonyl (C=O) groups is 2. The zero-order valence-corrected chi connectivity index (χ0v) is 31.7. The van der Waals surface area contributed by atoms with E-state index >= 15 is 0 Å². The number of hydrogen-bond acceptors (Lipinski definition) is 12. The van der Waals surface area contributed by atoms with E-state index in [-0.39, 0.29) is 17.6 Å². The molecule has 0 unspecified atom stereocenters. The molecule has 16 heteroatoms. The Morgan fingerprint density at radius 3 is 1.92 bits per heavy atom. The number of primary amides is 1. The molecule has 53 heavy (non-hydrogen) atoms. The molecule has 0 spiro atoms. The average Bonchev–Trinajstić information content (AvgIpc) is 3.18. The van der Waals surface area contributed by atoms with Gasteiger partial charge in [0.1, 0.15) is 12.4 Å². The number of nitrogens with two attached hydrogens (primary N) is 1. The molecular weight excluding hydrogens is 798 g/mol. The lowest BCUT2D eigenvalue weighted by Crippen LogP contribution is -2.88. The van der Waals surface area contributed by atoms with E-state index in [0.29, 0.717) is 120 Å². The maximum Gasteiger partial charge on any atom is 0.342 e. The summed E-state index contributed by atoms with van der Waals surface area (Å²) in [7, 11) is 0. The quantitative estimate of drug-likeness (QED) is 0.0355. The molecule has 3 aromatic carbocycles. The summed E-state index contributed by atoms with van der Waals surface area (Å²) in [5, 5.41) is 14.0. The lowest BCUT2D eigenvalue weighted by atomic mass is 10.1. The molecule has 0 fully saturated rings. The van der Waals surface area contributed by atoms with Crippen LogP contribution in [0.2, 0.25) is 0 Å². The number of quaternary nitrogens is 1. The first kappa shape index (κ1) is 41.4. The van der Waals surface area contributed by atoms with Gasteiger partial charge in [-0.3, -0.25) is 10.1 Å². The van der Waals surface area contributed by atoms with E-state index in [2.05, 4.69) is 58.8 Å². The smallest absolute Gasteiger partial charge is 0.342 e. The largest absolute Gasteiger partial charge is 0.378 e. The van der Waals surface area contributed by atoms with Gasteiger partial charge in [-0.2, -0.15) is 15.0 Å². The second kappa shape index (κ2) is 24.8. The van der Waals surface area contributed by atoms with Crippen LogP contribution in [0.5, 0.6) is 0 Å². The summed E-state index contributed by atoms with van der Waals surface area (Å²) in [6, 6.07) is 22.4. The van der Waals surface area contributed by atoms with Gasteiger partial charge in [0.25, 0.3) is 5.91 Å². The van der Waals surface area contributed by atoms with Crippen LogP contribution in [0, 0.1) is 5.82 Å². The summed E-state index contributed by atoms with van der Waals surface area (Å²) in [5.41, 5.74) is 2.81. The number of carbonyl (C=O) groups excluding carboxylic acids is 2. The molecule has 1 aromatic heterocycles. The Labute approximate surface area is 322 Å². The Morgan fingerprint density at radius 1 is 0.642 bits per heavy atom. The predicted octanol–water partition coefficient (Wildman–Crippen LogP) is 3.46. The van der Waals surface area contributed by atoms with E-state index in [1.165, 1.54) is 12.1 Å². The van der Waals surface area contributed by atoms with Crippen molar-refractivity contribution in [3.8, 4) is 0 Å². The van der Waals surface area contributed by atoms with E-state index in [0.717, 1.165) is 9.99 Å². The van der Waals surface area contributed by atoms with Gasteiger partial charge in [-0.25, -0.2) is 9.18 Å². The van der Waals surface area contributed by atoms with Gasteiger partial charge in [0.15, 0.2) is 0 Å². The summed E-state index contributed by atoms with van der Waals surface area (Å²) in [4.78, 5) is 38.2. The molecule has 0 atom stereocenters. The molecule has 0 aliphatic heterocycles. The average molecular weight is 846 g/mol. The van der Waals surface area contributed by atoms with Crippen molar-refractivity contribution in [2.24, 2.45) is 0 Å². The monoisotopic (exact) mass is 845 g/mol. The third kappa shape index (κ3) is 16.9. The number of hydrogen-bond donors (Lipinski definition) is 5. The summed E-state index contributed by atoms with van der Waals surface area (Å²) < 4.78 is 36.4. The van der Waals surface area contributed by atoms with Gasteiger partial charge in [0.05, 0.1) is 58.4 Å². The van der Waals surface area contributed by atoms with Gasteiger partial charge in [-0.05, 0) is 60.5 Å². The molecule has 4 rings (SSSR count). The SMILES string of the molecule is O=C(NCCOCCOCCI)c1ccc(Nc2nc(NCCOCCOCC[NH2+]C(=O)c3ccccc3)nc(NCCc3ccc(F)cc3)n2)cc1. The molecule has 0 aliphatic rings. The van der Waals surface area contributed by atoms with Crippen LogP contribution in [0.4, 0.5) is 27.9 Å². The van der Waals surface area contributed by atoms with E-state index < -0.39 is 0 Å². The standard InChI is InChI=1S/C37H46FIN8O6/c38-31-10-6-28(7-11-31)14-16-42-35-45-36(43-19-23-53-27-26-52-21-17-40-33(48)29-4-2-1-3-5-29)47-37(46-35)44-32-12-8-30(9-13-32)34(49)41-18-22-51-25-24-50-20-15-39/h1-13H,14-27H2,(H,40,48)(H,41,49)(H3,42,43,44,45,46,47)/p+1. The Balaban J connectivity index is 1.21. The highest BCUT2D eigenvalue weighted by atomic mass is 127. The fraction of sp³-hybridized carbons (Fsp3) is 0.378. The number of alkyl halides is 1. The molecule has 0 saturated heterocycles. The van der Waals surface area contributed by atoms with Crippen molar-refractivity contribution in [1.82, 2.24) is 20.3 Å². The summed E-state index contributed by atoms with van der Waals surface area (Å²) >= 11 is 2.25. The Kier molecular flexibility index (Phi) is 19.4. The first-order valence-corrected chi connectivity index (χ1v) is 19.0. The van der Waals surface area contributed by atoms with Gasteiger partial charge in [-0.15, -0.1) is 0 Å². The van der Waals surface area contributed by atoms with Crippen molar-refractivity contribution in [2.75, 3.05) is 99.4 Å². The van der Waals surface area contributed by atoms with Crippen molar-refractivity contribution < 1.29 is 38.2 Å². The van der Waals surface area contributed by atoms with Crippen LogP contribution in [0.25, 0.3) is 0 Å². The molecule has 14 nitrogen and oxygen atoms in total. The minimum absolute atomic E-state index is 0.0147. The number of amides is 2. The van der Waals surface area contributed by atoms with Gasteiger partial charge < -0.3 is 40.2 Å². The normalized spacial score (nSPS) is 10.9. The molecule has 0 bridgehead atoms. The van der Waals surface area contributed by atoms with Gasteiger partial charge in [0.2, 0.25) is 17.8 Å². The van der Waals surface area contributed by atoms with Crippen LogP contribution in [-0.4, -0.2) is 110 Å². The van der Waals surface area contributed by atoms with Crippen molar-refractivity contribution in [1.29, 1.82) is 0 Å². The number of halogens is 2. The number of rotatable bonds is 26. The van der Waals surface area contributed by atoms with E-state index in [9.17, 15) is 14.0 Å². The lowest BCUT2D eigenvalue weighted by molar-refractivity contribution is -0.557. The number of nitrogens with one attached hydrogen (secondary N) is 4. The highest BCUT2D eigenvalue weighted by Gasteiger charge is 2.10. The van der Waals surface area contributed by atoms with Crippen LogP contribution < -0.4 is 26.6 Å². The molecule has 4 aromatic rings. The van der Waals surface area contributed by atoms with Crippen LogP contribution in [-0.2, 0) is 25.4 Å². The number of aromatic nitrogens is 3. The second-order valence-corrected chi connectivity index (χ2v) is 12.4. The third-order valence-corrected chi connectivity index (χ3v) is 7.77. The van der Waals surface area contributed by atoms with Gasteiger partial charge in [-0.1, -0.05) is 52.9 Å². The predicted molar refractivity (Wildman–Crippen MR) is 209 cm³/mol. The number of benzene rings is 3. The zero-order valence-electron chi connectivity index (χ0n) is 29.5. The first-order valence-electron chi connectivity index (χ1n) is 17.4. The van der Waals surface area contributed by atoms with E-state index in [1.54, 1.807) is 53.8 Å². The molecule has 284 valence electrons. The zero-order chi connectivity index (χ0) is 37.4. The fourth-order valence-corrected chi connectivity index (χ4v) is 4.97.